The average molecular weight is 454 g/mol. The van der Waals surface area contributed by atoms with Crippen LogP contribution in [0.5, 0.6) is 0 Å². The second-order valence-electron chi connectivity index (χ2n) is 6.83. The first-order valence-electron chi connectivity index (χ1n) is 9.75. The molecule has 1 unspecified atom stereocenters. The summed E-state index contributed by atoms with van der Waals surface area (Å²) < 4.78 is 32.5. The Morgan fingerprint density at radius 2 is 1.81 bits per heavy atom. The van der Waals surface area contributed by atoms with Gasteiger partial charge in [-0.3, -0.25) is 4.79 Å². The summed E-state index contributed by atoms with van der Waals surface area (Å²) in [5, 5.41) is 3.56. The van der Waals surface area contributed by atoms with Gasteiger partial charge in [-0.1, -0.05) is 30.3 Å². The van der Waals surface area contributed by atoms with Gasteiger partial charge < -0.3 is 19.5 Å². The maximum Gasteiger partial charge on any atom is 0.248 e. The molecule has 9 heteroatoms. The first-order chi connectivity index (χ1) is 15.4. The van der Waals surface area contributed by atoms with E-state index in [4.69, 9.17) is 4.42 Å². The molecular formula is C23H23N3O5S. The maximum absolute atomic E-state index is 12.5. The molecule has 32 heavy (non-hydrogen) atoms. The topological polar surface area (TPSA) is 121 Å². The molecule has 8 nitrogen and oxygen atoms in total. The normalized spacial score (nSPS) is 12.0. The molecule has 2 aromatic heterocycles. The lowest BCUT2D eigenvalue weighted by atomic mass is 10.1. The second kappa shape index (κ2) is 10.7. The molecule has 0 aliphatic heterocycles. The smallest absolute Gasteiger partial charge is 0.248 e. The molecule has 1 atom stereocenters. The molecular weight excluding hydrogens is 430 g/mol. The van der Waals surface area contributed by atoms with Gasteiger partial charge in [-0.15, -0.1) is 0 Å². The molecule has 2 aromatic carbocycles. The van der Waals surface area contributed by atoms with Gasteiger partial charge in [0.25, 0.3) is 0 Å². The summed E-state index contributed by atoms with van der Waals surface area (Å²) in [6.07, 6.45) is 2.22. The van der Waals surface area contributed by atoms with E-state index in [0.29, 0.717) is 22.8 Å². The number of H-pyrrole nitrogens is 1. The number of furan rings is 1. The van der Waals surface area contributed by atoms with E-state index < -0.39 is 16.1 Å². The Kier molecular flexibility index (Phi) is 7.72. The summed E-state index contributed by atoms with van der Waals surface area (Å²) in [5.41, 5.74) is 0.832. The van der Waals surface area contributed by atoms with Crippen LogP contribution in [0.2, 0.25) is 0 Å². The lowest BCUT2D eigenvalue weighted by molar-refractivity contribution is -0.109. The number of aldehydes is 1. The zero-order valence-corrected chi connectivity index (χ0v) is 18.1. The molecule has 0 fully saturated rings. The predicted molar refractivity (Wildman–Crippen MR) is 122 cm³/mol. The van der Waals surface area contributed by atoms with Crippen LogP contribution >= 0.6 is 0 Å². The molecule has 0 saturated carbocycles. The Labute approximate surface area is 185 Å². The minimum absolute atomic E-state index is 0.0184. The van der Waals surface area contributed by atoms with E-state index in [1.165, 1.54) is 24.3 Å². The molecule has 0 aliphatic rings. The van der Waals surface area contributed by atoms with Crippen molar-refractivity contribution >= 4 is 27.2 Å². The number of benzene rings is 2. The van der Waals surface area contributed by atoms with Crippen LogP contribution < -0.4 is 15.6 Å². The Morgan fingerprint density at radius 3 is 2.47 bits per heavy atom. The highest BCUT2D eigenvalue weighted by molar-refractivity contribution is 7.89. The van der Waals surface area contributed by atoms with Gasteiger partial charge >= 0.3 is 0 Å². The molecule has 0 amide bonds. The van der Waals surface area contributed by atoms with Crippen LogP contribution in [0.4, 0.5) is 0 Å². The largest absolute Gasteiger partial charge is 0.468 e. The van der Waals surface area contributed by atoms with E-state index in [2.05, 4.69) is 15.0 Å². The molecule has 2 heterocycles. The Bertz CT molecular complexity index is 1320. The van der Waals surface area contributed by atoms with E-state index in [0.717, 1.165) is 12.3 Å². The van der Waals surface area contributed by atoms with E-state index in [1.807, 2.05) is 19.2 Å². The minimum atomic E-state index is -3.89. The van der Waals surface area contributed by atoms with Crippen molar-refractivity contribution in [2.75, 3.05) is 7.05 Å². The SMILES string of the molecule is CNCc1ccco1.O=CC(NS(=O)(=O)c1ccc2[nH]c(=O)ccc2c1)c1ccccc1. The lowest BCUT2D eigenvalue weighted by Gasteiger charge is -2.14. The Balaban J connectivity index is 0.000000305. The molecule has 0 spiro atoms. The van der Waals surface area contributed by atoms with E-state index in [-0.39, 0.29) is 10.5 Å². The van der Waals surface area contributed by atoms with Crippen molar-refractivity contribution in [3.63, 3.8) is 0 Å². The summed E-state index contributed by atoms with van der Waals surface area (Å²) in [6, 6.07) is 18.7. The van der Waals surface area contributed by atoms with Crippen molar-refractivity contribution in [1.82, 2.24) is 15.0 Å². The van der Waals surface area contributed by atoms with E-state index in [1.54, 1.807) is 42.7 Å². The number of carbonyl (C=O) groups excluding carboxylic acids is 1. The number of aromatic nitrogens is 1. The van der Waals surface area contributed by atoms with Gasteiger partial charge in [0.15, 0.2) is 0 Å². The maximum atomic E-state index is 12.5. The van der Waals surface area contributed by atoms with E-state index >= 15 is 0 Å². The monoisotopic (exact) mass is 453 g/mol. The molecule has 3 N–H and O–H groups in total. The van der Waals surface area contributed by atoms with Gasteiger partial charge in [-0.2, -0.15) is 4.72 Å². The fourth-order valence-corrected chi connectivity index (χ4v) is 4.15. The number of hydrogen-bond donors (Lipinski definition) is 3. The van der Waals surface area contributed by atoms with E-state index in [9.17, 15) is 18.0 Å². The minimum Gasteiger partial charge on any atom is -0.468 e. The number of nitrogens with one attached hydrogen (secondary N) is 3. The summed E-state index contributed by atoms with van der Waals surface area (Å²) >= 11 is 0. The summed E-state index contributed by atoms with van der Waals surface area (Å²) in [5.74, 6) is 0.979. The molecule has 0 radical (unpaired) electrons. The average Bonchev–Trinajstić information content (AvgIpc) is 3.32. The van der Waals surface area contributed by atoms with Gasteiger partial charge in [-0.25, -0.2) is 8.42 Å². The van der Waals surface area contributed by atoms with Crippen LogP contribution in [0.25, 0.3) is 10.9 Å². The third-order valence-electron chi connectivity index (χ3n) is 4.51. The van der Waals surface area contributed by atoms with Gasteiger partial charge in [-0.05, 0) is 54.4 Å². The van der Waals surface area contributed by atoms with Gasteiger partial charge in [0.2, 0.25) is 15.6 Å². The highest BCUT2D eigenvalue weighted by atomic mass is 32.2. The number of aromatic amines is 1. The first kappa shape index (κ1) is 23.1. The van der Waals surface area contributed by atoms with Crippen LogP contribution in [0, 0.1) is 0 Å². The second-order valence-corrected chi connectivity index (χ2v) is 8.54. The zero-order chi connectivity index (χ0) is 23.0. The quantitative estimate of drug-likeness (QED) is 0.370. The first-order valence-corrected chi connectivity index (χ1v) is 11.2. The molecule has 166 valence electrons. The van der Waals surface area contributed by atoms with Crippen LogP contribution in [-0.2, 0) is 21.4 Å². The highest BCUT2D eigenvalue weighted by Gasteiger charge is 2.21. The predicted octanol–water partition coefficient (Wildman–Crippen LogP) is 2.75. The number of sulfonamides is 1. The van der Waals surface area contributed by atoms with Crippen LogP contribution in [0.15, 0.2) is 93.2 Å². The van der Waals surface area contributed by atoms with Crippen LogP contribution in [0.1, 0.15) is 17.4 Å². The highest BCUT2D eigenvalue weighted by Crippen LogP contribution is 2.19. The molecule has 0 bridgehead atoms. The summed E-state index contributed by atoms with van der Waals surface area (Å²) in [6.45, 7) is 0.812. The van der Waals surface area contributed by atoms with Gasteiger partial charge in [0.1, 0.15) is 18.1 Å². The molecule has 0 saturated heterocycles. The number of hydrogen-bond acceptors (Lipinski definition) is 6. The Morgan fingerprint density at radius 1 is 1.03 bits per heavy atom. The summed E-state index contributed by atoms with van der Waals surface area (Å²) in [4.78, 5) is 25.2. The van der Waals surface area contributed by atoms with Crippen molar-refractivity contribution in [2.45, 2.75) is 17.5 Å². The zero-order valence-electron chi connectivity index (χ0n) is 17.3. The fourth-order valence-electron chi connectivity index (χ4n) is 2.96. The number of carbonyl (C=O) groups is 1. The van der Waals surface area contributed by atoms with Crippen molar-refractivity contribution in [3.05, 3.63) is 101 Å². The summed E-state index contributed by atoms with van der Waals surface area (Å²) in [7, 11) is -2.00. The van der Waals surface area contributed by atoms with Gasteiger partial charge in [0.05, 0.1) is 17.7 Å². The third-order valence-corrected chi connectivity index (χ3v) is 5.95. The third kappa shape index (κ3) is 6.01. The fraction of sp³-hybridized carbons (Fsp3) is 0.130. The Hall–Kier alpha value is -3.53. The van der Waals surface area contributed by atoms with Crippen molar-refractivity contribution < 1.29 is 17.6 Å². The van der Waals surface area contributed by atoms with Crippen molar-refractivity contribution in [1.29, 1.82) is 0 Å². The number of pyridine rings is 1. The van der Waals surface area contributed by atoms with Crippen molar-refractivity contribution in [3.8, 4) is 0 Å². The number of fused-ring (bicyclic) bond motifs is 1. The van der Waals surface area contributed by atoms with Gasteiger partial charge in [0, 0.05) is 11.6 Å². The molecule has 0 aliphatic carbocycles. The van der Waals surface area contributed by atoms with Crippen molar-refractivity contribution in [2.24, 2.45) is 0 Å². The standard InChI is InChI=1S/C17H14N2O4S.C6H9NO/c20-11-16(12-4-2-1-3-5-12)19-24(22,23)14-7-8-15-13(10-14)6-9-17(21)18-15;1-7-5-6-3-2-4-8-6/h1-11,16,19H,(H,18,21);2-4,7H,5H2,1H3. The number of rotatable bonds is 7. The molecule has 4 aromatic rings. The lowest BCUT2D eigenvalue weighted by Crippen LogP contribution is -2.29. The van der Waals surface area contributed by atoms with Crippen LogP contribution in [-0.4, -0.2) is 26.7 Å². The van der Waals surface area contributed by atoms with Crippen LogP contribution in [0.3, 0.4) is 0 Å². The molecule has 4 rings (SSSR count).